The first kappa shape index (κ1) is 15.2. The van der Waals surface area contributed by atoms with Gasteiger partial charge in [0, 0.05) is 31.5 Å². The monoisotopic (exact) mass is 276 g/mol. The molecule has 2 heterocycles. The average molecular weight is 276 g/mol. The first-order valence-electron chi connectivity index (χ1n) is 7.87. The molecule has 4 nitrogen and oxygen atoms in total. The Balaban J connectivity index is 1.97. The predicted molar refractivity (Wildman–Crippen MR) is 83.8 cm³/mol. The van der Waals surface area contributed by atoms with Gasteiger partial charge in [0.1, 0.15) is 0 Å². The van der Waals surface area contributed by atoms with Gasteiger partial charge in [-0.2, -0.15) is 0 Å². The SMILES string of the molecule is CC(N)Cc1cnc(N2CCCC(C(C)C)CC2)nc1. The van der Waals surface area contributed by atoms with E-state index in [0.717, 1.165) is 42.9 Å². The molecule has 2 atom stereocenters. The third-order valence-corrected chi connectivity index (χ3v) is 4.25. The Morgan fingerprint density at radius 2 is 1.90 bits per heavy atom. The fourth-order valence-corrected chi connectivity index (χ4v) is 2.98. The molecule has 1 aliphatic heterocycles. The molecular weight excluding hydrogens is 248 g/mol. The van der Waals surface area contributed by atoms with Gasteiger partial charge in [0.2, 0.25) is 5.95 Å². The van der Waals surface area contributed by atoms with Crippen LogP contribution in [0, 0.1) is 11.8 Å². The lowest BCUT2D eigenvalue weighted by molar-refractivity contribution is 0.351. The second-order valence-corrected chi connectivity index (χ2v) is 6.49. The number of nitrogens with zero attached hydrogens (tertiary/aromatic N) is 3. The third kappa shape index (κ3) is 4.17. The minimum Gasteiger partial charge on any atom is -0.341 e. The van der Waals surface area contributed by atoms with E-state index in [9.17, 15) is 0 Å². The average Bonchev–Trinajstić information content (AvgIpc) is 2.64. The standard InChI is InChI=1S/C16H28N4/c1-12(2)15-5-4-7-20(8-6-15)16-18-10-14(11-19-16)9-13(3)17/h10-13,15H,4-9,17H2,1-3H3. The van der Waals surface area contributed by atoms with Crippen molar-refractivity contribution in [2.45, 2.75) is 52.5 Å². The Morgan fingerprint density at radius 3 is 2.50 bits per heavy atom. The van der Waals surface area contributed by atoms with Crippen molar-refractivity contribution < 1.29 is 0 Å². The molecule has 1 aliphatic rings. The summed E-state index contributed by atoms with van der Waals surface area (Å²) in [5, 5.41) is 0. The summed E-state index contributed by atoms with van der Waals surface area (Å²) in [5.74, 6) is 2.50. The van der Waals surface area contributed by atoms with Gasteiger partial charge in [-0.05, 0) is 50.0 Å². The van der Waals surface area contributed by atoms with Crippen LogP contribution in [-0.2, 0) is 6.42 Å². The molecule has 20 heavy (non-hydrogen) atoms. The number of aromatic nitrogens is 2. The Bertz CT molecular complexity index is 399. The maximum Gasteiger partial charge on any atom is 0.225 e. The molecule has 0 saturated carbocycles. The molecule has 0 aromatic carbocycles. The third-order valence-electron chi connectivity index (χ3n) is 4.25. The van der Waals surface area contributed by atoms with Crippen LogP contribution in [0.3, 0.4) is 0 Å². The molecule has 1 saturated heterocycles. The summed E-state index contributed by atoms with van der Waals surface area (Å²) >= 11 is 0. The van der Waals surface area contributed by atoms with Gasteiger partial charge in [0.25, 0.3) is 0 Å². The van der Waals surface area contributed by atoms with Gasteiger partial charge in [-0.15, -0.1) is 0 Å². The van der Waals surface area contributed by atoms with E-state index in [1.807, 2.05) is 19.3 Å². The fraction of sp³-hybridized carbons (Fsp3) is 0.750. The van der Waals surface area contributed by atoms with Crippen LogP contribution in [-0.4, -0.2) is 29.1 Å². The van der Waals surface area contributed by atoms with E-state index in [-0.39, 0.29) is 6.04 Å². The topological polar surface area (TPSA) is 55.0 Å². The number of anilines is 1. The van der Waals surface area contributed by atoms with Crippen LogP contribution in [0.25, 0.3) is 0 Å². The molecule has 0 aliphatic carbocycles. The molecule has 1 aromatic heterocycles. The lowest BCUT2D eigenvalue weighted by Crippen LogP contribution is -2.26. The van der Waals surface area contributed by atoms with Crippen molar-refractivity contribution in [2.24, 2.45) is 17.6 Å². The largest absolute Gasteiger partial charge is 0.341 e. The first-order valence-corrected chi connectivity index (χ1v) is 7.87. The van der Waals surface area contributed by atoms with Crippen LogP contribution in [0.5, 0.6) is 0 Å². The second-order valence-electron chi connectivity index (χ2n) is 6.49. The van der Waals surface area contributed by atoms with Gasteiger partial charge in [0.05, 0.1) is 0 Å². The number of hydrogen-bond acceptors (Lipinski definition) is 4. The van der Waals surface area contributed by atoms with Gasteiger partial charge in [-0.25, -0.2) is 9.97 Å². The number of nitrogens with two attached hydrogens (primary N) is 1. The van der Waals surface area contributed by atoms with Crippen LogP contribution >= 0.6 is 0 Å². The molecule has 1 fully saturated rings. The van der Waals surface area contributed by atoms with E-state index in [0.29, 0.717) is 0 Å². The highest BCUT2D eigenvalue weighted by Gasteiger charge is 2.20. The highest BCUT2D eigenvalue weighted by Crippen LogP contribution is 2.25. The number of rotatable bonds is 4. The normalized spacial score (nSPS) is 21.9. The zero-order valence-electron chi connectivity index (χ0n) is 13.0. The van der Waals surface area contributed by atoms with E-state index < -0.39 is 0 Å². The minimum absolute atomic E-state index is 0.162. The van der Waals surface area contributed by atoms with Gasteiger partial charge in [-0.1, -0.05) is 13.8 Å². The second kappa shape index (κ2) is 7.02. The molecular formula is C16H28N4. The summed E-state index contributed by atoms with van der Waals surface area (Å²) in [5.41, 5.74) is 6.93. The molecule has 1 aromatic rings. The quantitative estimate of drug-likeness (QED) is 0.918. The molecule has 0 amide bonds. The van der Waals surface area contributed by atoms with Crippen LogP contribution in [0.4, 0.5) is 5.95 Å². The van der Waals surface area contributed by atoms with Crippen molar-refractivity contribution >= 4 is 5.95 Å². The maximum atomic E-state index is 5.80. The van der Waals surface area contributed by atoms with E-state index in [4.69, 9.17) is 5.73 Å². The smallest absolute Gasteiger partial charge is 0.225 e. The van der Waals surface area contributed by atoms with E-state index in [1.54, 1.807) is 0 Å². The molecule has 2 N–H and O–H groups in total. The van der Waals surface area contributed by atoms with Crippen molar-refractivity contribution in [1.82, 2.24) is 9.97 Å². The zero-order valence-corrected chi connectivity index (χ0v) is 13.0. The summed E-state index contributed by atoms with van der Waals surface area (Å²) in [6, 6.07) is 0.162. The Kier molecular flexibility index (Phi) is 5.35. The lowest BCUT2D eigenvalue weighted by atomic mass is 9.89. The van der Waals surface area contributed by atoms with E-state index in [1.165, 1.54) is 19.3 Å². The summed E-state index contributed by atoms with van der Waals surface area (Å²) in [6.45, 7) is 8.83. The molecule has 4 heteroatoms. The zero-order chi connectivity index (χ0) is 14.5. The first-order chi connectivity index (χ1) is 9.56. The van der Waals surface area contributed by atoms with E-state index >= 15 is 0 Å². The summed E-state index contributed by atoms with van der Waals surface area (Å²) < 4.78 is 0. The van der Waals surface area contributed by atoms with E-state index in [2.05, 4.69) is 28.7 Å². The molecule has 112 valence electrons. The van der Waals surface area contributed by atoms with Gasteiger partial charge < -0.3 is 10.6 Å². The minimum atomic E-state index is 0.162. The predicted octanol–water partition coefficient (Wildman–Crippen LogP) is 2.63. The number of hydrogen-bond donors (Lipinski definition) is 1. The van der Waals surface area contributed by atoms with Crippen molar-refractivity contribution in [3.8, 4) is 0 Å². The van der Waals surface area contributed by atoms with Gasteiger partial charge in [0.15, 0.2) is 0 Å². The van der Waals surface area contributed by atoms with Crippen LogP contribution in [0.2, 0.25) is 0 Å². The Hall–Kier alpha value is -1.16. The van der Waals surface area contributed by atoms with Crippen molar-refractivity contribution in [2.75, 3.05) is 18.0 Å². The van der Waals surface area contributed by atoms with Gasteiger partial charge >= 0.3 is 0 Å². The van der Waals surface area contributed by atoms with Crippen LogP contribution < -0.4 is 10.6 Å². The van der Waals surface area contributed by atoms with Crippen molar-refractivity contribution in [1.29, 1.82) is 0 Å². The highest BCUT2D eigenvalue weighted by molar-refractivity contribution is 5.30. The van der Waals surface area contributed by atoms with Crippen molar-refractivity contribution in [3.63, 3.8) is 0 Å². The highest BCUT2D eigenvalue weighted by atomic mass is 15.2. The fourth-order valence-electron chi connectivity index (χ4n) is 2.98. The van der Waals surface area contributed by atoms with Crippen molar-refractivity contribution in [3.05, 3.63) is 18.0 Å². The maximum absolute atomic E-state index is 5.80. The molecule has 2 unspecified atom stereocenters. The summed E-state index contributed by atoms with van der Waals surface area (Å²) in [4.78, 5) is 11.4. The van der Waals surface area contributed by atoms with Gasteiger partial charge in [-0.3, -0.25) is 0 Å². The molecule has 0 bridgehead atoms. The molecule has 2 rings (SSSR count). The van der Waals surface area contributed by atoms with Crippen LogP contribution in [0.15, 0.2) is 12.4 Å². The summed E-state index contributed by atoms with van der Waals surface area (Å²) in [7, 11) is 0. The lowest BCUT2D eigenvalue weighted by Gasteiger charge is -2.21. The molecule has 0 spiro atoms. The summed E-state index contributed by atoms with van der Waals surface area (Å²) in [6.07, 6.45) is 8.52. The Morgan fingerprint density at radius 1 is 1.20 bits per heavy atom. The van der Waals surface area contributed by atoms with Crippen LogP contribution in [0.1, 0.15) is 45.6 Å². The molecule has 0 radical (unpaired) electrons. The Labute approximate surface area is 122 Å².